The first-order chi connectivity index (χ1) is 10.4. The Morgan fingerprint density at radius 2 is 0.762 bits per heavy atom. The number of hydrogen-bond acceptors (Lipinski definition) is 0. The minimum Gasteiger partial charge on any atom is -0.0845 e. The topological polar surface area (TPSA) is 0 Å². The highest BCUT2D eigenvalue weighted by Crippen LogP contribution is 2.10. The van der Waals surface area contributed by atoms with Crippen molar-refractivity contribution in [3.63, 3.8) is 0 Å². The zero-order valence-corrected chi connectivity index (χ0v) is 14.9. The van der Waals surface area contributed by atoms with Crippen LogP contribution < -0.4 is 0 Å². The van der Waals surface area contributed by atoms with Gasteiger partial charge in [0, 0.05) is 0 Å². The van der Waals surface area contributed by atoms with Crippen molar-refractivity contribution >= 4 is 0 Å². The summed E-state index contributed by atoms with van der Waals surface area (Å²) in [5.74, 6) is 0. The summed E-state index contributed by atoms with van der Waals surface area (Å²) in [5, 5.41) is 0. The molecule has 0 saturated carbocycles. The second-order valence-corrected chi connectivity index (χ2v) is 6.32. The third-order valence-electron chi connectivity index (χ3n) is 4.08. The van der Waals surface area contributed by atoms with Gasteiger partial charge in [-0.15, -0.1) is 0 Å². The molecule has 0 aromatic heterocycles. The van der Waals surface area contributed by atoms with Gasteiger partial charge >= 0.3 is 0 Å². The highest BCUT2D eigenvalue weighted by molar-refractivity contribution is 5.02. The van der Waals surface area contributed by atoms with Crippen molar-refractivity contribution in [2.24, 2.45) is 0 Å². The van der Waals surface area contributed by atoms with Gasteiger partial charge in [0.15, 0.2) is 0 Å². The quantitative estimate of drug-likeness (QED) is 0.200. The predicted octanol–water partition coefficient (Wildman–Crippen LogP) is 7.99. The van der Waals surface area contributed by atoms with Gasteiger partial charge in [-0.1, -0.05) is 109 Å². The van der Waals surface area contributed by atoms with E-state index in [1.165, 1.54) is 96.3 Å². The Morgan fingerprint density at radius 1 is 0.429 bits per heavy atom. The van der Waals surface area contributed by atoms with Crippen molar-refractivity contribution in [3.8, 4) is 0 Å². The maximum atomic E-state index is 2.34. The molecule has 0 aliphatic rings. The summed E-state index contributed by atoms with van der Waals surface area (Å²) in [6.07, 6.45) is 29.9. The molecule has 124 valence electrons. The molecule has 0 saturated heterocycles. The Morgan fingerprint density at radius 3 is 1.19 bits per heavy atom. The highest BCUT2D eigenvalue weighted by Gasteiger charge is 1.90. The van der Waals surface area contributed by atoms with E-state index < -0.39 is 0 Å². The first kappa shape index (κ1) is 20.5. The summed E-state index contributed by atoms with van der Waals surface area (Å²) in [6, 6.07) is 0. The smallest absolute Gasteiger partial charge is 0.0348 e. The van der Waals surface area contributed by atoms with Gasteiger partial charge in [0.1, 0.15) is 0 Å². The van der Waals surface area contributed by atoms with E-state index in [2.05, 4.69) is 38.2 Å². The van der Waals surface area contributed by atoms with Crippen LogP contribution in [-0.4, -0.2) is 0 Å². The second-order valence-electron chi connectivity index (χ2n) is 6.32. The maximum Gasteiger partial charge on any atom is -0.0348 e. The third-order valence-corrected chi connectivity index (χ3v) is 4.08. The van der Waals surface area contributed by atoms with E-state index in [-0.39, 0.29) is 0 Å². The van der Waals surface area contributed by atoms with Crippen molar-refractivity contribution in [2.75, 3.05) is 0 Å². The molecule has 0 rings (SSSR count). The molecule has 0 N–H and O–H groups in total. The van der Waals surface area contributed by atoms with E-state index in [0.29, 0.717) is 0 Å². The van der Waals surface area contributed by atoms with Crippen molar-refractivity contribution in [3.05, 3.63) is 24.3 Å². The molecule has 0 nitrogen and oxygen atoms in total. The lowest BCUT2D eigenvalue weighted by molar-refractivity contribution is 0.566. The summed E-state index contributed by atoms with van der Waals surface area (Å²) >= 11 is 0. The van der Waals surface area contributed by atoms with Crippen LogP contribution in [-0.2, 0) is 0 Å². The molecule has 0 aliphatic heterocycles. The van der Waals surface area contributed by atoms with Crippen LogP contribution in [0, 0.1) is 0 Å². The van der Waals surface area contributed by atoms with Crippen LogP contribution in [0.15, 0.2) is 24.3 Å². The second kappa shape index (κ2) is 19.5. The van der Waals surface area contributed by atoms with Crippen LogP contribution >= 0.6 is 0 Å². The van der Waals surface area contributed by atoms with Gasteiger partial charge in [0.05, 0.1) is 0 Å². The molecule has 0 spiro atoms. The molecule has 0 aromatic rings. The van der Waals surface area contributed by atoms with Crippen LogP contribution in [0.5, 0.6) is 0 Å². The molecule has 0 radical (unpaired) electrons. The van der Waals surface area contributed by atoms with E-state index >= 15 is 0 Å². The normalized spacial score (nSPS) is 11.9. The minimum atomic E-state index is 1.25. The summed E-state index contributed by atoms with van der Waals surface area (Å²) in [6.45, 7) is 4.56. The van der Waals surface area contributed by atoms with E-state index in [0.717, 1.165) is 0 Å². The molecule has 0 aliphatic carbocycles. The van der Waals surface area contributed by atoms with Gasteiger partial charge in [0.25, 0.3) is 0 Å². The van der Waals surface area contributed by atoms with Crippen LogP contribution in [0.1, 0.15) is 110 Å². The predicted molar refractivity (Wildman–Crippen MR) is 98.9 cm³/mol. The van der Waals surface area contributed by atoms with E-state index in [4.69, 9.17) is 0 Å². The average Bonchev–Trinajstić information content (AvgIpc) is 2.50. The van der Waals surface area contributed by atoms with Gasteiger partial charge in [-0.2, -0.15) is 0 Å². The van der Waals surface area contributed by atoms with Gasteiger partial charge in [-0.3, -0.25) is 0 Å². The number of hydrogen-bond donors (Lipinski definition) is 0. The maximum absolute atomic E-state index is 2.34. The van der Waals surface area contributed by atoms with Crippen LogP contribution in [0.25, 0.3) is 0 Å². The lowest BCUT2D eigenvalue weighted by atomic mass is 10.1. The monoisotopic (exact) mass is 292 g/mol. The standard InChI is InChI=1S/C21H40/c1-3-5-7-9-11-13-15-17-19-21-20-18-16-14-12-10-8-6-4-2/h13,15,17,19H,3-12,14,16,18,20-21H2,1-2H3. The Labute approximate surface area is 135 Å². The summed E-state index contributed by atoms with van der Waals surface area (Å²) in [4.78, 5) is 0. The Kier molecular flexibility index (Phi) is 19.0. The van der Waals surface area contributed by atoms with Crippen LogP contribution in [0.2, 0.25) is 0 Å². The molecule has 0 unspecified atom stereocenters. The van der Waals surface area contributed by atoms with Crippen molar-refractivity contribution in [1.82, 2.24) is 0 Å². The lowest BCUT2D eigenvalue weighted by Gasteiger charge is -2.00. The molecule has 0 atom stereocenters. The fraction of sp³-hybridized carbons (Fsp3) is 0.810. The largest absolute Gasteiger partial charge is 0.0845 e. The molecule has 0 aromatic carbocycles. The average molecular weight is 293 g/mol. The molecule has 0 bridgehead atoms. The van der Waals surface area contributed by atoms with E-state index in [1.807, 2.05) is 0 Å². The van der Waals surface area contributed by atoms with E-state index in [1.54, 1.807) is 0 Å². The molecular weight excluding hydrogens is 252 g/mol. The zero-order valence-electron chi connectivity index (χ0n) is 14.9. The highest BCUT2D eigenvalue weighted by atomic mass is 14.0. The van der Waals surface area contributed by atoms with Crippen molar-refractivity contribution in [1.29, 1.82) is 0 Å². The first-order valence-electron chi connectivity index (χ1n) is 9.73. The zero-order chi connectivity index (χ0) is 15.4. The first-order valence-corrected chi connectivity index (χ1v) is 9.73. The summed E-state index contributed by atoms with van der Waals surface area (Å²) in [5.41, 5.74) is 0. The molecule has 0 heterocycles. The van der Waals surface area contributed by atoms with Gasteiger partial charge < -0.3 is 0 Å². The Hall–Kier alpha value is -0.520. The van der Waals surface area contributed by atoms with Gasteiger partial charge in [0.2, 0.25) is 0 Å². The number of rotatable bonds is 16. The SMILES string of the molecule is CCCCCCC=CC=CCCCCCCCCCCC. The number of unbranched alkanes of at least 4 members (excludes halogenated alkanes) is 13. The molecule has 0 fully saturated rings. The number of allylic oxidation sites excluding steroid dienone is 4. The van der Waals surface area contributed by atoms with Crippen LogP contribution in [0.4, 0.5) is 0 Å². The van der Waals surface area contributed by atoms with Gasteiger partial charge in [-0.25, -0.2) is 0 Å². The molecule has 0 heteroatoms. The van der Waals surface area contributed by atoms with Crippen molar-refractivity contribution < 1.29 is 0 Å². The lowest BCUT2D eigenvalue weighted by Crippen LogP contribution is -1.80. The molecule has 0 amide bonds. The van der Waals surface area contributed by atoms with E-state index in [9.17, 15) is 0 Å². The Bertz CT molecular complexity index is 224. The third kappa shape index (κ3) is 19.5. The Balaban J connectivity index is 3.12. The van der Waals surface area contributed by atoms with Gasteiger partial charge in [-0.05, 0) is 25.7 Å². The molecular formula is C21H40. The van der Waals surface area contributed by atoms with Crippen molar-refractivity contribution in [2.45, 2.75) is 110 Å². The summed E-state index contributed by atoms with van der Waals surface area (Å²) in [7, 11) is 0. The minimum absolute atomic E-state index is 1.25. The van der Waals surface area contributed by atoms with Crippen LogP contribution in [0.3, 0.4) is 0 Å². The fourth-order valence-corrected chi connectivity index (χ4v) is 2.61. The molecule has 21 heavy (non-hydrogen) atoms. The fourth-order valence-electron chi connectivity index (χ4n) is 2.61. The summed E-state index contributed by atoms with van der Waals surface area (Å²) < 4.78 is 0.